The molecular weight excluding hydrogens is 310 g/mol. The Morgan fingerprint density at radius 3 is 2.21 bits per heavy atom. The quantitative estimate of drug-likeness (QED) is 0.593. The zero-order valence-electron chi connectivity index (χ0n) is 14.8. The Morgan fingerprint density at radius 1 is 0.958 bits per heavy atom. The number of nitrogens with one attached hydrogen (secondary N) is 3. The molecule has 1 rings (SSSR count). The molecule has 0 aliphatic carbocycles. The van der Waals surface area contributed by atoms with Crippen LogP contribution in [0.15, 0.2) is 18.2 Å². The van der Waals surface area contributed by atoms with Crippen LogP contribution in [0, 0.1) is 5.92 Å². The Morgan fingerprint density at radius 2 is 1.58 bits per heavy atom. The van der Waals surface area contributed by atoms with Crippen molar-refractivity contribution in [2.24, 2.45) is 5.92 Å². The third-order valence-electron chi connectivity index (χ3n) is 3.38. The number of rotatable bonds is 9. The highest BCUT2D eigenvalue weighted by molar-refractivity contribution is 5.78. The largest absolute Gasteiger partial charge is 0.493 e. The van der Waals surface area contributed by atoms with Gasteiger partial charge in [0.25, 0.3) is 0 Å². The molecule has 0 saturated heterocycles. The summed E-state index contributed by atoms with van der Waals surface area (Å²) in [5.74, 6) is 1.27. The fourth-order valence-electron chi connectivity index (χ4n) is 1.98. The van der Waals surface area contributed by atoms with Crippen LogP contribution in [0.3, 0.4) is 0 Å². The van der Waals surface area contributed by atoms with Crippen molar-refractivity contribution in [2.45, 2.75) is 20.3 Å². The van der Waals surface area contributed by atoms with E-state index in [1.807, 2.05) is 32.0 Å². The number of methoxy groups -OCH3 is 2. The van der Waals surface area contributed by atoms with E-state index in [2.05, 4.69) is 16.0 Å². The van der Waals surface area contributed by atoms with Crippen molar-refractivity contribution in [3.63, 3.8) is 0 Å². The van der Waals surface area contributed by atoms with Gasteiger partial charge in [-0.05, 0) is 24.1 Å². The minimum atomic E-state index is -0.255. The number of hydrogen-bond acceptors (Lipinski definition) is 4. The number of amides is 3. The standard InChI is InChI=1S/C17H27N3O4/c1-12(2)16(21)18-9-10-20-17(22)19-8-7-13-5-6-14(23-3)15(11-13)24-4/h5-6,11-12H,7-10H2,1-4H3,(H,18,21)(H2,19,20,22). The first-order valence-electron chi connectivity index (χ1n) is 7.98. The van der Waals surface area contributed by atoms with E-state index in [4.69, 9.17) is 9.47 Å². The SMILES string of the molecule is COc1ccc(CCNC(=O)NCCNC(=O)C(C)C)cc1OC. The summed E-state index contributed by atoms with van der Waals surface area (Å²) in [4.78, 5) is 23.0. The summed E-state index contributed by atoms with van der Waals surface area (Å²) in [5.41, 5.74) is 1.04. The van der Waals surface area contributed by atoms with E-state index in [0.717, 1.165) is 5.56 Å². The summed E-state index contributed by atoms with van der Waals surface area (Å²) in [6, 6.07) is 5.41. The van der Waals surface area contributed by atoms with Gasteiger partial charge in [0, 0.05) is 25.6 Å². The Balaban J connectivity index is 2.25. The lowest BCUT2D eigenvalue weighted by Gasteiger charge is -2.11. The van der Waals surface area contributed by atoms with Crippen molar-refractivity contribution < 1.29 is 19.1 Å². The molecule has 0 atom stereocenters. The summed E-state index contributed by atoms with van der Waals surface area (Å²) in [5, 5.41) is 8.20. The lowest BCUT2D eigenvalue weighted by molar-refractivity contribution is -0.123. The Kier molecular flexibility index (Phi) is 8.46. The molecule has 0 aromatic heterocycles. The van der Waals surface area contributed by atoms with Gasteiger partial charge < -0.3 is 25.4 Å². The molecule has 0 bridgehead atoms. The number of ether oxygens (including phenoxy) is 2. The third kappa shape index (κ3) is 6.76. The number of carbonyl (C=O) groups excluding carboxylic acids is 2. The number of hydrogen-bond donors (Lipinski definition) is 3. The topological polar surface area (TPSA) is 88.7 Å². The van der Waals surface area contributed by atoms with E-state index < -0.39 is 0 Å². The van der Waals surface area contributed by atoms with Gasteiger partial charge >= 0.3 is 6.03 Å². The van der Waals surface area contributed by atoms with Crippen LogP contribution >= 0.6 is 0 Å². The van der Waals surface area contributed by atoms with E-state index in [0.29, 0.717) is 37.6 Å². The molecule has 0 aliphatic heterocycles. The fraction of sp³-hybridized carbons (Fsp3) is 0.529. The average molecular weight is 337 g/mol. The van der Waals surface area contributed by atoms with E-state index in [-0.39, 0.29) is 17.9 Å². The molecule has 7 nitrogen and oxygen atoms in total. The first-order valence-corrected chi connectivity index (χ1v) is 7.98. The van der Waals surface area contributed by atoms with E-state index in [1.165, 1.54) is 0 Å². The van der Waals surface area contributed by atoms with Gasteiger partial charge in [-0.3, -0.25) is 4.79 Å². The molecule has 134 valence electrons. The molecule has 0 aliphatic rings. The minimum Gasteiger partial charge on any atom is -0.493 e. The van der Waals surface area contributed by atoms with Crippen molar-refractivity contribution in [2.75, 3.05) is 33.9 Å². The van der Waals surface area contributed by atoms with E-state index >= 15 is 0 Å². The van der Waals surface area contributed by atoms with Gasteiger partial charge in [-0.2, -0.15) is 0 Å². The molecule has 1 aromatic rings. The predicted octanol–water partition coefficient (Wildman–Crippen LogP) is 1.32. The highest BCUT2D eigenvalue weighted by Gasteiger charge is 2.07. The van der Waals surface area contributed by atoms with Gasteiger partial charge in [0.2, 0.25) is 5.91 Å². The Bertz CT molecular complexity index is 547. The number of carbonyl (C=O) groups is 2. The Labute approximate surface area is 143 Å². The third-order valence-corrected chi connectivity index (χ3v) is 3.38. The summed E-state index contributed by atoms with van der Waals surface area (Å²) < 4.78 is 10.4. The van der Waals surface area contributed by atoms with Crippen molar-refractivity contribution in [1.29, 1.82) is 0 Å². The number of benzene rings is 1. The molecule has 0 spiro atoms. The monoisotopic (exact) mass is 337 g/mol. The van der Waals surface area contributed by atoms with Gasteiger partial charge in [-0.25, -0.2) is 4.79 Å². The smallest absolute Gasteiger partial charge is 0.314 e. The minimum absolute atomic E-state index is 0.0225. The maximum atomic E-state index is 11.7. The van der Waals surface area contributed by atoms with Crippen LogP contribution in [0.4, 0.5) is 4.79 Å². The molecule has 0 heterocycles. The highest BCUT2D eigenvalue weighted by atomic mass is 16.5. The first kappa shape index (κ1) is 19.6. The molecule has 3 amide bonds. The summed E-state index contributed by atoms with van der Waals surface area (Å²) in [7, 11) is 3.18. The van der Waals surface area contributed by atoms with Crippen molar-refractivity contribution >= 4 is 11.9 Å². The second-order valence-corrected chi connectivity index (χ2v) is 5.57. The van der Waals surface area contributed by atoms with Crippen LogP contribution in [0.25, 0.3) is 0 Å². The Hall–Kier alpha value is -2.44. The van der Waals surface area contributed by atoms with Crippen LogP contribution in [-0.4, -0.2) is 45.8 Å². The summed E-state index contributed by atoms with van der Waals surface area (Å²) in [6.45, 7) is 4.95. The molecule has 0 saturated carbocycles. The van der Waals surface area contributed by atoms with Gasteiger partial charge in [0.05, 0.1) is 14.2 Å². The van der Waals surface area contributed by atoms with E-state index in [9.17, 15) is 9.59 Å². The molecule has 24 heavy (non-hydrogen) atoms. The summed E-state index contributed by atoms with van der Waals surface area (Å²) >= 11 is 0. The molecule has 3 N–H and O–H groups in total. The number of urea groups is 1. The zero-order valence-corrected chi connectivity index (χ0v) is 14.8. The van der Waals surface area contributed by atoms with Crippen molar-refractivity contribution in [3.8, 4) is 11.5 Å². The van der Waals surface area contributed by atoms with Crippen LogP contribution in [0.1, 0.15) is 19.4 Å². The molecule has 0 radical (unpaired) electrons. The molecule has 1 aromatic carbocycles. The molecule has 0 unspecified atom stereocenters. The average Bonchev–Trinajstić information content (AvgIpc) is 2.58. The highest BCUT2D eigenvalue weighted by Crippen LogP contribution is 2.27. The normalized spacial score (nSPS) is 10.2. The van der Waals surface area contributed by atoms with Crippen LogP contribution in [0.2, 0.25) is 0 Å². The van der Waals surface area contributed by atoms with Gasteiger partial charge in [0.15, 0.2) is 11.5 Å². The van der Waals surface area contributed by atoms with E-state index in [1.54, 1.807) is 14.2 Å². The second-order valence-electron chi connectivity index (χ2n) is 5.57. The maximum Gasteiger partial charge on any atom is 0.314 e. The van der Waals surface area contributed by atoms with Gasteiger partial charge in [-0.15, -0.1) is 0 Å². The maximum absolute atomic E-state index is 11.7. The van der Waals surface area contributed by atoms with Gasteiger partial charge in [0.1, 0.15) is 0 Å². The fourth-order valence-corrected chi connectivity index (χ4v) is 1.98. The van der Waals surface area contributed by atoms with Crippen molar-refractivity contribution in [3.05, 3.63) is 23.8 Å². The zero-order chi connectivity index (χ0) is 17.9. The first-order chi connectivity index (χ1) is 11.5. The lowest BCUT2D eigenvalue weighted by atomic mass is 10.1. The van der Waals surface area contributed by atoms with Crippen molar-refractivity contribution in [1.82, 2.24) is 16.0 Å². The van der Waals surface area contributed by atoms with Crippen LogP contribution in [-0.2, 0) is 11.2 Å². The van der Waals surface area contributed by atoms with Gasteiger partial charge in [-0.1, -0.05) is 19.9 Å². The predicted molar refractivity (Wildman–Crippen MR) is 92.5 cm³/mol. The van der Waals surface area contributed by atoms with Crippen LogP contribution in [0.5, 0.6) is 11.5 Å². The molecule has 0 fully saturated rings. The lowest BCUT2D eigenvalue weighted by Crippen LogP contribution is -2.41. The van der Waals surface area contributed by atoms with Crippen LogP contribution < -0.4 is 25.4 Å². The molecule has 7 heteroatoms. The second kappa shape index (κ2) is 10.4. The summed E-state index contributed by atoms with van der Waals surface area (Å²) in [6.07, 6.45) is 0.678. The molecular formula is C17H27N3O4.